The van der Waals surface area contributed by atoms with Crippen LogP contribution in [0.4, 0.5) is 10.1 Å². The quantitative estimate of drug-likeness (QED) is 0.910. The second-order valence-corrected chi connectivity index (χ2v) is 5.09. The first-order valence-electron chi connectivity index (χ1n) is 6.51. The molecular weight excluding hydrogens is 307 g/mol. The Balaban J connectivity index is 2.29. The highest BCUT2D eigenvalue weighted by molar-refractivity contribution is 6.34. The van der Waals surface area contributed by atoms with Gasteiger partial charge < -0.3 is 10.6 Å². The number of halogens is 2. The average molecular weight is 321 g/mol. The predicted molar refractivity (Wildman–Crippen MR) is 83.9 cm³/mol. The topological polar surface area (TPSA) is 58.2 Å². The van der Waals surface area contributed by atoms with Crippen molar-refractivity contribution in [3.63, 3.8) is 0 Å². The Morgan fingerprint density at radius 2 is 1.82 bits per heavy atom. The SMILES string of the molecule is CNC(=O)c1ccc(C)c(NC(=O)c2ccc(F)cc2Cl)c1. The normalized spacial score (nSPS) is 10.2. The number of aryl methyl sites for hydroxylation is 1. The van der Waals surface area contributed by atoms with Crippen LogP contribution in [0.2, 0.25) is 5.02 Å². The van der Waals surface area contributed by atoms with Crippen LogP contribution in [0.1, 0.15) is 26.3 Å². The maximum atomic E-state index is 13.0. The molecule has 0 unspecified atom stereocenters. The smallest absolute Gasteiger partial charge is 0.257 e. The van der Waals surface area contributed by atoms with E-state index in [0.717, 1.165) is 17.7 Å². The van der Waals surface area contributed by atoms with Gasteiger partial charge in [-0.3, -0.25) is 9.59 Å². The molecule has 2 amide bonds. The molecule has 0 spiro atoms. The van der Waals surface area contributed by atoms with Crippen LogP contribution >= 0.6 is 11.6 Å². The van der Waals surface area contributed by atoms with Gasteiger partial charge in [0.25, 0.3) is 11.8 Å². The van der Waals surface area contributed by atoms with Crippen molar-refractivity contribution in [3.05, 3.63) is 63.9 Å². The van der Waals surface area contributed by atoms with E-state index in [1.807, 2.05) is 0 Å². The molecule has 0 aliphatic carbocycles. The Bertz CT molecular complexity index is 747. The minimum absolute atomic E-state index is 0.0256. The summed E-state index contributed by atoms with van der Waals surface area (Å²) in [5.74, 6) is -1.24. The fourth-order valence-electron chi connectivity index (χ4n) is 1.91. The molecule has 0 aliphatic rings. The van der Waals surface area contributed by atoms with Crippen molar-refractivity contribution in [2.75, 3.05) is 12.4 Å². The van der Waals surface area contributed by atoms with Crippen molar-refractivity contribution in [1.29, 1.82) is 0 Å². The van der Waals surface area contributed by atoms with Gasteiger partial charge in [0, 0.05) is 18.3 Å². The molecule has 0 aliphatic heterocycles. The number of hydrogen-bond acceptors (Lipinski definition) is 2. The van der Waals surface area contributed by atoms with Gasteiger partial charge in [-0.25, -0.2) is 4.39 Å². The summed E-state index contributed by atoms with van der Waals surface area (Å²) in [7, 11) is 1.53. The van der Waals surface area contributed by atoms with Gasteiger partial charge in [-0.2, -0.15) is 0 Å². The summed E-state index contributed by atoms with van der Waals surface area (Å²) in [4.78, 5) is 23.9. The fraction of sp³-hybridized carbons (Fsp3) is 0.125. The van der Waals surface area contributed by atoms with E-state index in [0.29, 0.717) is 11.3 Å². The van der Waals surface area contributed by atoms with Crippen molar-refractivity contribution >= 4 is 29.1 Å². The van der Waals surface area contributed by atoms with Crippen LogP contribution in [0.25, 0.3) is 0 Å². The van der Waals surface area contributed by atoms with Crippen molar-refractivity contribution in [2.45, 2.75) is 6.92 Å². The molecule has 22 heavy (non-hydrogen) atoms. The van der Waals surface area contributed by atoms with Gasteiger partial charge in [-0.15, -0.1) is 0 Å². The molecular formula is C16H14ClFN2O2. The van der Waals surface area contributed by atoms with E-state index in [2.05, 4.69) is 10.6 Å². The highest BCUT2D eigenvalue weighted by Crippen LogP contribution is 2.21. The first-order valence-corrected chi connectivity index (χ1v) is 6.89. The van der Waals surface area contributed by atoms with Crippen LogP contribution in [0.3, 0.4) is 0 Å². The van der Waals surface area contributed by atoms with Gasteiger partial charge in [0.05, 0.1) is 10.6 Å². The third-order valence-electron chi connectivity index (χ3n) is 3.15. The number of nitrogens with one attached hydrogen (secondary N) is 2. The highest BCUT2D eigenvalue weighted by atomic mass is 35.5. The lowest BCUT2D eigenvalue weighted by Gasteiger charge is -2.11. The van der Waals surface area contributed by atoms with Crippen molar-refractivity contribution in [3.8, 4) is 0 Å². The third-order valence-corrected chi connectivity index (χ3v) is 3.46. The maximum Gasteiger partial charge on any atom is 0.257 e. The Labute approximate surface area is 132 Å². The highest BCUT2D eigenvalue weighted by Gasteiger charge is 2.13. The Kier molecular flexibility index (Phi) is 4.78. The number of carbonyl (C=O) groups is 2. The van der Waals surface area contributed by atoms with Crippen LogP contribution in [0, 0.1) is 12.7 Å². The van der Waals surface area contributed by atoms with Gasteiger partial charge in [-0.1, -0.05) is 17.7 Å². The predicted octanol–water partition coefficient (Wildman–Crippen LogP) is 3.40. The number of benzene rings is 2. The van der Waals surface area contributed by atoms with E-state index in [9.17, 15) is 14.0 Å². The fourth-order valence-corrected chi connectivity index (χ4v) is 2.16. The van der Waals surface area contributed by atoms with E-state index in [-0.39, 0.29) is 16.5 Å². The first-order chi connectivity index (χ1) is 10.4. The third kappa shape index (κ3) is 3.43. The van der Waals surface area contributed by atoms with Crippen LogP contribution in [-0.2, 0) is 0 Å². The zero-order chi connectivity index (χ0) is 16.3. The molecule has 0 heterocycles. The molecule has 0 fully saturated rings. The molecule has 2 N–H and O–H groups in total. The number of amides is 2. The molecule has 0 saturated heterocycles. The monoisotopic (exact) mass is 320 g/mol. The van der Waals surface area contributed by atoms with Gasteiger partial charge in [0.1, 0.15) is 5.82 Å². The first kappa shape index (κ1) is 16.0. The molecule has 4 nitrogen and oxygen atoms in total. The van der Waals surface area contributed by atoms with E-state index >= 15 is 0 Å². The number of rotatable bonds is 3. The minimum Gasteiger partial charge on any atom is -0.355 e. The van der Waals surface area contributed by atoms with Gasteiger partial charge >= 0.3 is 0 Å². The molecule has 0 aromatic heterocycles. The largest absolute Gasteiger partial charge is 0.355 e. The summed E-state index contributed by atoms with van der Waals surface area (Å²) in [5.41, 5.74) is 1.87. The Morgan fingerprint density at radius 1 is 1.09 bits per heavy atom. The van der Waals surface area contributed by atoms with E-state index < -0.39 is 11.7 Å². The molecule has 0 atom stereocenters. The van der Waals surface area contributed by atoms with Crippen LogP contribution in [-0.4, -0.2) is 18.9 Å². The standard InChI is InChI=1S/C16H14ClFN2O2/c1-9-3-4-10(15(21)19-2)7-14(9)20-16(22)12-6-5-11(18)8-13(12)17/h3-8H,1-2H3,(H,19,21)(H,20,22). The zero-order valence-corrected chi connectivity index (χ0v) is 12.8. The molecule has 114 valence electrons. The lowest BCUT2D eigenvalue weighted by Crippen LogP contribution is -2.19. The van der Waals surface area contributed by atoms with E-state index in [1.54, 1.807) is 25.1 Å². The second-order valence-electron chi connectivity index (χ2n) is 4.69. The number of anilines is 1. The Morgan fingerprint density at radius 3 is 2.45 bits per heavy atom. The lowest BCUT2D eigenvalue weighted by atomic mass is 10.1. The molecule has 2 aromatic carbocycles. The molecule has 2 aromatic rings. The van der Waals surface area contributed by atoms with Gasteiger partial charge in [0.15, 0.2) is 0 Å². The minimum atomic E-state index is -0.514. The zero-order valence-electron chi connectivity index (χ0n) is 12.0. The lowest BCUT2D eigenvalue weighted by molar-refractivity contribution is 0.0961. The van der Waals surface area contributed by atoms with Crippen LogP contribution in [0.15, 0.2) is 36.4 Å². The van der Waals surface area contributed by atoms with Crippen LogP contribution < -0.4 is 10.6 Å². The summed E-state index contributed by atoms with van der Waals surface area (Å²) < 4.78 is 13.0. The molecule has 0 bridgehead atoms. The van der Waals surface area contributed by atoms with Crippen molar-refractivity contribution in [2.24, 2.45) is 0 Å². The average Bonchev–Trinajstić information content (AvgIpc) is 2.48. The van der Waals surface area contributed by atoms with E-state index in [1.165, 1.54) is 13.1 Å². The van der Waals surface area contributed by atoms with Gasteiger partial charge in [0.2, 0.25) is 0 Å². The molecule has 2 rings (SSSR count). The summed E-state index contributed by atoms with van der Waals surface area (Å²) in [6.45, 7) is 1.80. The molecule has 6 heteroatoms. The van der Waals surface area contributed by atoms with E-state index in [4.69, 9.17) is 11.6 Å². The number of hydrogen-bond donors (Lipinski definition) is 2. The van der Waals surface area contributed by atoms with Crippen molar-refractivity contribution < 1.29 is 14.0 Å². The number of carbonyl (C=O) groups excluding carboxylic acids is 2. The maximum absolute atomic E-state index is 13.0. The van der Waals surface area contributed by atoms with Crippen molar-refractivity contribution in [1.82, 2.24) is 5.32 Å². The summed E-state index contributed by atoms with van der Waals surface area (Å²) in [6, 6.07) is 8.51. The summed E-state index contributed by atoms with van der Waals surface area (Å²) in [5, 5.41) is 5.22. The summed E-state index contributed by atoms with van der Waals surface area (Å²) >= 11 is 5.87. The second kappa shape index (κ2) is 6.58. The van der Waals surface area contributed by atoms with Crippen LogP contribution in [0.5, 0.6) is 0 Å². The summed E-state index contributed by atoms with van der Waals surface area (Å²) in [6.07, 6.45) is 0. The van der Waals surface area contributed by atoms with Gasteiger partial charge in [-0.05, 0) is 42.8 Å². The molecule has 0 saturated carbocycles. The molecule has 0 radical (unpaired) electrons. The Hall–Kier alpha value is -2.40.